The normalized spacial score (nSPS) is 20.1. The molecule has 0 aliphatic heterocycles. The molecule has 21 heavy (non-hydrogen) atoms. The number of nitrogens with zero attached hydrogens (tertiary/aromatic N) is 2. The molecule has 118 valence electrons. The second-order valence-electron chi connectivity index (χ2n) is 7.65. The summed E-state index contributed by atoms with van der Waals surface area (Å²) in [6.45, 7) is 13.5. The molecule has 0 bridgehead atoms. The van der Waals surface area contributed by atoms with Gasteiger partial charge in [0.05, 0.1) is 0 Å². The first kappa shape index (κ1) is 17.4. The van der Waals surface area contributed by atoms with Gasteiger partial charge in [0.1, 0.15) is 0 Å². The van der Waals surface area contributed by atoms with Gasteiger partial charge in [-0.3, -0.25) is 4.79 Å². The van der Waals surface area contributed by atoms with Crippen LogP contribution in [0.15, 0.2) is 28.6 Å². The lowest BCUT2D eigenvalue weighted by molar-refractivity contribution is -0.608. The lowest BCUT2D eigenvalue weighted by atomic mass is 9.68. The van der Waals surface area contributed by atoms with Gasteiger partial charge in [-0.2, -0.15) is 0 Å². The molecule has 0 saturated heterocycles. The van der Waals surface area contributed by atoms with Crippen LogP contribution in [0.1, 0.15) is 54.9 Å². The van der Waals surface area contributed by atoms with Crippen molar-refractivity contribution in [1.82, 2.24) is 0 Å². The Kier molecular flexibility index (Phi) is 4.37. The third-order valence-corrected chi connectivity index (χ3v) is 3.90. The van der Waals surface area contributed by atoms with Crippen LogP contribution < -0.4 is 0 Å². The van der Waals surface area contributed by atoms with E-state index in [1.165, 1.54) is 0 Å². The molecule has 5 heteroatoms. The quantitative estimate of drug-likeness (QED) is 0.475. The van der Waals surface area contributed by atoms with Crippen molar-refractivity contribution in [3.63, 3.8) is 0 Å². The van der Waals surface area contributed by atoms with Crippen LogP contribution in [0, 0.1) is 16.0 Å². The van der Waals surface area contributed by atoms with Gasteiger partial charge in [-0.25, -0.2) is 0 Å². The number of hydrogen-bond donors (Lipinski definition) is 1. The number of allylic oxidation sites excluding steroid dienone is 2. The van der Waals surface area contributed by atoms with E-state index in [2.05, 4.69) is 5.28 Å². The Hall–Kier alpha value is -1.65. The highest BCUT2D eigenvalue weighted by atomic mass is 16.6. The predicted molar refractivity (Wildman–Crippen MR) is 80.9 cm³/mol. The van der Waals surface area contributed by atoms with Gasteiger partial charge in [0.15, 0.2) is 11.1 Å². The van der Waals surface area contributed by atoms with Crippen molar-refractivity contribution in [3.8, 4) is 0 Å². The molecule has 1 rings (SSSR count). The third kappa shape index (κ3) is 3.17. The molecule has 0 radical (unpaired) electrons. The van der Waals surface area contributed by atoms with Crippen molar-refractivity contribution < 1.29 is 14.9 Å². The fourth-order valence-electron chi connectivity index (χ4n) is 2.47. The minimum atomic E-state index is -1.12. The van der Waals surface area contributed by atoms with Crippen LogP contribution in [-0.2, 0) is 4.79 Å². The van der Waals surface area contributed by atoms with Gasteiger partial charge in [-0.1, -0.05) is 48.5 Å². The van der Waals surface area contributed by atoms with E-state index in [1.807, 2.05) is 48.5 Å². The molecule has 0 atom stereocenters. The lowest BCUT2D eigenvalue weighted by Crippen LogP contribution is -2.42. The standard InChI is InChI=1S/C16H26N2O3/c1-8-16(18(21)17-20)9-11(14(2,3)4)13(19)12(10-16)15(5,6)7/h9-10,20H,8H2,1-7H3/b18-17-. The molecule has 0 amide bonds. The summed E-state index contributed by atoms with van der Waals surface area (Å²) < 4.78 is 0. The number of hydrogen-bond acceptors (Lipinski definition) is 3. The van der Waals surface area contributed by atoms with Gasteiger partial charge in [0.2, 0.25) is 5.54 Å². The maximum atomic E-state index is 12.8. The van der Waals surface area contributed by atoms with Gasteiger partial charge < -0.3 is 10.4 Å². The van der Waals surface area contributed by atoms with Crippen molar-refractivity contribution in [1.29, 1.82) is 0 Å². The molecule has 0 spiro atoms. The first-order valence-corrected chi connectivity index (χ1v) is 7.23. The maximum Gasteiger partial charge on any atom is 0.240 e. The lowest BCUT2D eigenvalue weighted by Gasteiger charge is -2.35. The van der Waals surface area contributed by atoms with E-state index >= 15 is 0 Å². The average Bonchev–Trinajstić information content (AvgIpc) is 2.35. The van der Waals surface area contributed by atoms with E-state index in [-0.39, 0.29) is 10.6 Å². The minimum absolute atomic E-state index is 0.0367. The summed E-state index contributed by atoms with van der Waals surface area (Å²) in [4.78, 5) is 13.1. The first-order chi connectivity index (χ1) is 9.39. The molecule has 1 aliphatic rings. The van der Waals surface area contributed by atoms with Crippen LogP contribution in [0.2, 0.25) is 0 Å². The van der Waals surface area contributed by atoms with Gasteiger partial charge in [-0.05, 0) is 15.7 Å². The highest BCUT2D eigenvalue weighted by Crippen LogP contribution is 2.42. The van der Waals surface area contributed by atoms with Gasteiger partial charge >= 0.3 is 0 Å². The van der Waals surface area contributed by atoms with E-state index in [9.17, 15) is 10.0 Å². The largest absolute Gasteiger partial charge is 0.596 e. The Balaban J connectivity index is 3.66. The Morgan fingerprint density at radius 1 is 1.14 bits per heavy atom. The number of carbonyl (C=O) groups excluding carboxylic acids is 1. The van der Waals surface area contributed by atoms with Crippen LogP contribution in [0.5, 0.6) is 0 Å². The highest BCUT2D eigenvalue weighted by molar-refractivity contribution is 6.11. The SMILES string of the molecule is CCC1(/[N+]([O-])=N/O)C=C(C(C)(C)C)C(=O)C(C(C)(C)C)=C1. The second-order valence-corrected chi connectivity index (χ2v) is 7.65. The summed E-state index contributed by atoms with van der Waals surface area (Å²) in [6, 6.07) is 0. The zero-order chi connectivity index (χ0) is 16.6. The molecule has 1 N–H and O–H groups in total. The monoisotopic (exact) mass is 294 g/mol. The second kappa shape index (κ2) is 5.28. The Bertz CT molecular complexity index is 495. The topological polar surface area (TPSA) is 75.7 Å². The molecular formula is C16H26N2O3. The van der Waals surface area contributed by atoms with Crippen molar-refractivity contribution >= 4 is 5.78 Å². The average molecular weight is 294 g/mol. The minimum Gasteiger partial charge on any atom is -0.596 e. The van der Waals surface area contributed by atoms with Crippen molar-refractivity contribution in [2.24, 2.45) is 16.1 Å². The summed E-state index contributed by atoms with van der Waals surface area (Å²) in [5, 5.41) is 23.8. The Morgan fingerprint density at radius 3 is 1.76 bits per heavy atom. The molecule has 0 heterocycles. The molecule has 1 aliphatic carbocycles. The molecule has 5 nitrogen and oxygen atoms in total. The molecule has 0 aromatic rings. The predicted octanol–water partition coefficient (Wildman–Crippen LogP) is 4.01. The zero-order valence-corrected chi connectivity index (χ0v) is 14.0. The number of rotatable bonds is 2. The fourth-order valence-corrected chi connectivity index (χ4v) is 2.47. The van der Waals surface area contributed by atoms with Crippen LogP contribution in [0.3, 0.4) is 0 Å². The summed E-state index contributed by atoms with van der Waals surface area (Å²) >= 11 is 0. The summed E-state index contributed by atoms with van der Waals surface area (Å²) in [6.07, 6.45) is 3.71. The third-order valence-electron chi connectivity index (χ3n) is 3.90. The van der Waals surface area contributed by atoms with E-state index in [0.29, 0.717) is 17.6 Å². The molecule has 0 fully saturated rings. The molecular weight excluding hydrogens is 268 g/mol. The number of ketones is 1. The molecule has 0 aromatic carbocycles. The number of hydroxylamine groups is 1. The summed E-state index contributed by atoms with van der Waals surface area (Å²) in [5.41, 5.74) is -0.729. The Labute approximate surface area is 126 Å². The van der Waals surface area contributed by atoms with E-state index in [4.69, 9.17) is 5.21 Å². The maximum absolute atomic E-state index is 12.8. The number of Topliss-reactive ketones (excluding diaryl/α,β-unsaturated/α-hetero) is 1. The molecule has 0 unspecified atom stereocenters. The molecule has 0 saturated carbocycles. The van der Waals surface area contributed by atoms with Crippen molar-refractivity contribution in [2.75, 3.05) is 0 Å². The molecule has 0 aromatic heterocycles. The first-order valence-electron chi connectivity index (χ1n) is 7.23. The summed E-state index contributed by atoms with van der Waals surface area (Å²) in [7, 11) is 0. The van der Waals surface area contributed by atoms with Crippen LogP contribution in [0.25, 0.3) is 0 Å². The van der Waals surface area contributed by atoms with Crippen LogP contribution in [-0.4, -0.2) is 21.4 Å². The van der Waals surface area contributed by atoms with Gasteiger partial charge in [0, 0.05) is 29.7 Å². The Morgan fingerprint density at radius 2 is 1.52 bits per heavy atom. The van der Waals surface area contributed by atoms with Gasteiger partial charge in [0.25, 0.3) is 0 Å². The van der Waals surface area contributed by atoms with Gasteiger partial charge in [-0.15, -0.1) is 0 Å². The van der Waals surface area contributed by atoms with E-state index in [0.717, 1.165) is 0 Å². The highest BCUT2D eigenvalue weighted by Gasteiger charge is 2.45. The van der Waals surface area contributed by atoms with Crippen molar-refractivity contribution in [2.45, 2.75) is 60.4 Å². The smallest absolute Gasteiger partial charge is 0.240 e. The van der Waals surface area contributed by atoms with Crippen molar-refractivity contribution in [3.05, 3.63) is 28.5 Å². The number of carbonyl (C=O) groups is 1. The van der Waals surface area contributed by atoms with Crippen LogP contribution in [0.4, 0.5) is 0 Å². The van der Waals surface area contributed by atoms with E-state index in [1.54, 1.807) is 12.2 Å². The zero-order valence-electron chi connectivity index (χ0n) is 14.0. The van der Waals surface area contributed by atoms with Crippen LogP contribution >= 0.6 is 0 Å². The fraction of sp³-hybridized carbons (Fsp3) is 0.688. The van der Waals surface area contributed by atoms with E-state index < -0.39 is 16.4 Å². The summed E-state index contributed by atoms with van der Waals surface area (Å²) in [5.74, 6) is -0.0367.